The molecule has 0 spiro atoms. The monoisotopic (exact) mass is 441 g/mol. The molecule has 0 aromatic rings. The molecule has 6 heteroatoms. The molecule has 5 aliphatic rings. The lowest BCUT2D eigenvalue weighted by molar-refractivity contribution is -0.171. The van der Waals surface area contributed by atoms with Crippen molar-refractivity contribution in [3.63, 3.8) is 0 Å². The first kappa shape index (κ1) is 22.2. The number of hydrogen-bond acceptors (Lipinski definition) is 4. The number of hydrogen-bond donors (Lipinski definition) is 0. The zero-order valence-electron chi connectivity index (χ0n) is 19.6. The van der Waals surface area contributed by atoms with E-state index in [0.717, 1.165) is 49.4 Å². The van der Waals surface area contributed by atoms with Crippen molar-refractivity contribution in [2.45, 2.75) is 64.7 Å². The second kappa shape index (κ2) is 8.97. The molecule has 3 saturated carbocycles. The lowest BCUT2D eigenvalue weighted by atomic mass is 9.66. The van der Waals surface area contributed by atoms with E-state index in [1.54, 1.807) is 0 Å². The lowest BCUT2D eigenvalue weighted by Gasteiger charge is -2.44. The molecule has 4 atom stereocenters. The summed E-state index contributed by atoms with van der Waals surface area (Å²) in [5, 5.41) is 9.30. The summed E-state index contributed by atoms with van der Waals surface area (Å²) < 4.78 is 5.25. The van der Waals surface area contributed by atoms with E-state index in [-0.39, 0.29) is 17.2 Å². The van der Waals surface area contributed by atoms with E-state index < -0.39 is 0 Å². The molecule has 5 rings (SSSR count). The fourth-order valence-corrected chi connectivity index (χ4v) is 7.46. The molecule has 2 aliphatic heterocycles. The summed E-state index contributed by atoms with van der Waals surface area (Å²) in [5.74, 6) is 4.18. The lowest BCUT2D eigenvalue weighted by Crippen LogP contribution is -2.59. The topological polar surface area (TPSA) is 73.6 Å². The van der Waals surface area contributed by atoms with Crippen LogP contribution in [-0.2, 0) is 14.3 Å². The van der Waals surface area contributed by atoms with Crippen LogP contribution in [0.3, 0.4) is 0 Å². The molecule has 0 aromatic carbocycles. The number of piperazine rings is 1. The molecule has 0 N–H and O–H groups in total. The molecular weight excluding hydrogens is 402 g/mol. The predicted octanol–water partition coefficient (Wildman–Crippen LogP) is 3.47. The Balaban J connectivity index is 1.06. The molecule has 176 valence electrons. The van der Waals surface area contributed by atoms with Crippen LogP contribution in [0, 0.1) is 52.3 Å². The van der Waals surface area contributed by atoms with Crippen molar-refractivity contribution in [2.75, 3.05) is 39.4 Å². The van der Waals surface area contributed by atoms with Crippen molar-refractivity contribution in [1.82, 2.24) is 9.80 Å². The maximum atomic E-state index is 13.2. The molecule has 0 aromatic heterocycles. The van der Waals surface area contributed by atoms with Crippen LogP contribution in [0.5, 0.6) is 0 Å². The van der Waals surface area contributed by atoms with Crippen molar-refractivity contribution >= 4 is 11.8 Å². The van der Waals surface area contributed by atoms with Gasteiger partial charge in [-0.2, -0.15) is 5.26 Å². The SMILES string of the molecule is CC1(C(=O)N2CCN(C(=O)C3CCC(C4CCC5CC(C#N)CC5C4)CC3)CC2)COC1. The van der Waals surface area contributed by atoms with Crippen molar-refractivity contribution in [2.24, 2.45) is 40.9 Å². The zero-order chi connectivity index (χ0) is 22.3. The standard InChI is InChI=1S/C26H39N3O3/c1-26(16-32-17-26)25(31)29-10-8-28(9-11-29)24(30)20-4-2-19(3-5-20)22-7-6-21-12-18(15-27)13-23(21)14-22/h18-23H,2-14,16-17H2,1H3. The van der Waals surface area contributed by atoms with Gasteiger partial charge >= 0.3 is 0 Å². The molecule has 0 bridgehead atoms. The minimum atomic E-state index is -0.349. The second-order valence-corrected chi connectivity index (χ2v) is 11.7. The summed E-state index contributed by atoms with van der Waals surface area (Å²) in [5.41, 5.74) is -0.349. The van der Waals surface area contributed by atoms with Gasteiger partial charge in [-0.05, 0) is 88.4 Å². The number of fused-ring (bicyclic) bond motifs is 1. The molecule has 5 fully saturated rings. The van der Waals surface area contributed by atoms with Gasteiger partial charge in [-0.3, -0.25) is 9.59 Å². The fraction of sp³-hybridized carbons (Fsp3) is 0.885. The highest BCUT2D eigenvalue weighted by Crippen LogP contribution is 2.50. The Kier molecular flexibility index (Phi) is 6.22. The minimum Gasteiger partial charge on any atom is -0.379 e. The first-order chi connectivity index (χ1) is 15.5. The number of carbonyl (C=O) groups excluding carboxylic acids is 2. The van der Waals surface area contributed by atoms with E-state index in [2.05, 4.69) is 6.07 Å². The summed E-state index contributed by atoms with van der Waals surface area (Å²) in [6.45, 7) is 5.69. The molecule has 2 amide bonds. The van der Waals surface area contributed by atoms with Gasteiger partial charge in [0.25, 0.3) is 0 Å². The highest BCUT2D eigenvalue weighted by Gasteiger charge is 2.45. The molecule has 2 saturated heterocycles. The van der Waals surface area contributed by atoms with Gasteiger partial charge in [-0.25, -0.2) is 0 Å². The van der Waals surface area contributed by atoms with E-state index in [1.807, 2.05) is 16.7 Å². The Morgan fingerprint density at radius 2 is 1.38 bits per heavy atom. The number of amides is 2. The largest absolute Gasteiger partial charge is 0.379 e. The van der Waals surface area contributed by atoms with E-state index in [0.29, 0.717) is 51.2 Å². The van der Waals surface area contributed by atoms with Crippen LogP contribution < -0.4 is 0 Å². The molecule has 4 unspecified atom stereocenters. The molecule has 6 nitrogen and oxygen atoms in total. The first-order valence-corrected chi connectivity index (χ1v) is 13.0. The van der Waals surface area contributed by atoms with Crippen molar-refractivity contribution in [1.29, 1.82) is 5.26 Å². The highest BCUT2D eigenvalue weighted by molar-refractivity contribution is 5.84. The van der Waals surface area contributed by atoms with E-state index in [1.165, 1.54) is 32.1 Å². The Labute approximate surface area is 192 Å². The van der Waals surface area contributed by atoms with Crippen molar-refractivity contribution < 1.29 is 14.3 Å². The predicted molar refractivity (Wildman–Crippen MR) is 120 cm³/mol. The molecule has 3 aliphatic carbocycles. The smallest absolute Gasteiger partial charge is 0.233 e. The Morgan fingerprint density at radius 1 is 0.812 bits per heavy atom. The third-order valence-corrected chi connectivity index (χ3v) is 9.56. The van der Waals surface area contributed by atoms with Crippen LogP contribution in [0.2, 0.25) is 0 Å². The van der Waals surface area contributed by atoms with Gasteiger partial charge in [0.05, 0.1) is 24.7 Å². The number of carbonyl (C=O) groups is 2. The molecule has 0 radical (unpaired) electrons. The van der Waals surface area contributed by atoms with Gasteiger partial charge in [0.1, 0.15) is 0 Å². The minimum absolute atomic E-state index is 0.178. The van der Waals surface area contributed by atoms with Gasteiger partial charge in [-0.1, -0.05) is 0 Å². The third kappa shape index (κ3) is 4.18. The average Bonchev–Trinajstić information content (AvgIpc) is 3.24. The number of ether oxygens (including phenoxy) is 1. The van der Waals surface area contributed by atoms with Crippen molar-refractivity contribution in [3.05, 3.63) is 0 Å². The second-order valence-electron chi connectivity index (χ2n) is 11.7. The normalized spacial score (nSPS) is 39.0. The summed E-state index contributed by atoms with van der Waals surface area (Å²) >= 11 is 0. The van der Waals surface area contributed by atoms with Crippen molar-refractivity contribution in [3.8, 4) is 6.07 Å². The summed E-state index contributed by atoms with van der Waals surface area (Å²) in [6.07, 6.45) is 10.7. The number of nitrogens with zero attached hydrogens (tertiary/aromatic N) is 3. The molecular formula is C26H39N3O3. The Morgan fingerprint density at radius 3 is 1.97 bits per heavy atom. The average molecular weight is 442 g/mol. The van der Waals surface area contributed by atoms with Gasteiger partial charge in [0.2, 0.25) is 11.8 Å². The van der Waals surface area contributed by atoms with Crippen LogP contribution >= 0.6 is 0 Å². The van der Waals surface area contributed by atoms with Crippen LogP contribution in [0.4, 0.5) is 0 Å². The third-order valence-electron chi connectivity index (χ3n) is 9.56. The summed E-state index contributed by atoms with van der Waals surface area (Å²) in [7, 11) is 0. The molecule has 2 heterocycles. The van der Waals surface area contributed by atoms with Crippen LogP contribution in [0.15, 0.2) is 0 Å². The molecule has 32 heavy (non-hydrogen) atoms. The Bertz CT molecular complexity index is 757. The number of rotatable bonds is 3. The van der Waals surface area contributed by atoms with Gasteiger partial charge in [-0.15, -0.1) is 0 Å². The zero-order valence-corrected chi connectivity index (χ0v) is 19.6. The fourth-order valence-electron chi connectivity index (χ4n) is 7.46. The van der Waals surface area contributed by atoms with Crippen LogP contribution in [-0.4, -0.2) is 61.0 Å². The first-order valence-electron chi connectivity index (χ1n) is 13.0. The highest BCUT2D eigenvalue weighted by atomic mass is 16.5. The quantitative estimate of drug-likeness (QED) is 0.672. The van der Waals surface area contributed by atoms with E-state index in [4.69, 9.17) is 4.74 Å². The van der Waals surface area contributed by atoms with Gasteiger partial charge in [0.15, 0.2) is 0 Å². The van der Waals surface area contributed by atoms with Crippen LogP contribution in [0.25, 0.3) is 0 Å². The maximum Gasteiger partial charge on any atom is 0.233 e. The van der Waals surface area contributed by atoms with E-state index >= 15 is 0 Å². The van der Waals surface area contributed by atoms with Gasteiger partial charge < -0.3 is 14.5 Å². The Hall–Kier alpha value is -1.61. The summed E-state index contributed by atoms with van der Waals surface area (Å²) in [4.78, 5) is 29.8. The number of nitriles is 1. The summed E-state index contributed by atoms with van der Waals surface area (Å²) in [6, 6.07) is 2.52. The van der Waals surface area contributed by atoms with E-state index in [9.17, 15) is 14.9 Å². The van der Waals surface area contributed by atoms with Gasteiger partial charge in [0, 0.05) is 38.0 Å². The maximum absolute atomic E-state index is 13.2. The van der Waals surface area contributed by atoms with Crippen LogP contribution in [0.1, 0.15) is 64.7 Å².